The Morgan fingerprint density at radius 3 is 2.44 bits per heavy atom. The minimum absolute atomic E-state index is 0.0210. The molecule has 3 aromatic carbocycles. The number of benzene rings is 3. The number of aromatic nitrogens is 1. The molecule has 9 heteroatoms. The second-order valence-electron chi connectivity index (χ2n) is 15.5. The van der Waals surface area contributed by atoms with E-state index in [0.717, 1.165) is 47.3 Å². The van der Waals surface area contributed by atoms with Crippen molar-refractivity contribution in [2.75, 3.05) is 45.9 Å². The van der Waals surface area contributed by atoms with Crippen molar-refractivity contribution in [2.45, 2.75) is 88.6 Å². The summed E-state index contributed by atoms with van der Waals surface area (Å²) in [5, 5.41) is 36.6. The second kappa shape index (κ2) is 16.5. The summed E-state index contributed by atoms with van der Waals surface area (Å²) in [5.41, 5.74) is 4.18. The number of quaternary nitrogens is 1. The zero-order valence-electron chi connectivity index (χ0n) is 30.5. The summed E-state index contributed by atoms with van der Waals surface area (Å²) in [4.78, 5) is 14.4. The van der Waals surface area contributed by atoms with Gasteiger partial charge in [-0.15, -0.1) is 0 Å². The fraction of sp³-hybridized carbons (Fsp3) is 0.512. The molecule has 4 atom stereocenters. The number of phenolic OH excluding ortho intramolecular Hbond substituents is 1. The summed E-state index contributed by atoms with van der Waals surface area (Å²) in [5.74, 6) is 2.00. The van der Waals surface area contributed by atoms with Crippen LogP contribution in [0.25, 0.3) is 10.9 Å². The number of nitrogens with one attached hydrogen (secondary N) is 2. The summed E-state index contributed by atoms with van der Waals surface area (Å²) in [6.07, 6.45) is 8.03. The van der Waals surface area contributed by atoms with Crippen molar-refractivity contribution in [1.29, 1.82) is 0 Å². The van der Waals surface area contributed by atoms with Crippen LogP contribution in [0.1, 0.15) is 105 Å². The van der Waals surface area contributed by atoms with Gasteiger partial charge in [0.05, 0.1) is 44.5 Å². The molecule has 278 valence electrons. The van der Waals surface area contributed by atoms with E-state index in [1.54, 1.807) is 12.1 Å². The van der Waals surface area contributed by atoms with Gasteiger partial charge in [-0.1, -0.05) is 62.2 Å². The van der Waals surface area contributed by atoms with Crippen molar-refractivity contribution in [3.8, 4) is 11.5 Å². The Balaban J connectivity index is 0.867. The third kappa shape index (κ3) is 8.24. The maximum atomic E-state index is 11.8. The zero-order chi connectivity index (χ0) is 36.1. The molecular weight excluding hydrogens is 654 g/mol. The Labute approximate surface area is 307 Å². The minimum atomic E-state index is -0.819. The van der Waals surface area contributed by atoms with Crippen molar-refractivity contribution >= 4 is 10.9 Å². The first-order valence-electron chi connectivity index (χ1n) is 19.5. The molecule has 52 heavy (non-hydrogen) atoms. The van der Waals surface area contributed by atoms with Crippen LogP contribution in [0.15, 0.2) is 77.6 Å². The van der Waals surface area contributed by atoms with Crippen LogP contribution in [0.3, 0.4) is 0 Å². The summed E-state index contributed by atoms with van der Waals surface area (Å²) in [7, 11) is 0. The predicted molar refractivity (Wildman–Crippen MR) is 204 cm³/mol. The van der Waals surface area contributed by atoms with Crippen molar-refractivity contribution in [3.05, 3.63) is 105 Å². The number of H-pyrrole nitrogens is 1. The quantitative estimate of drug-likeness (QED) is 0.0641. The van der Waals surface area contributed by atoms with Crippen LogP contribution < -0.4 is 15.6 Å². The number of pyridine rings is 1. The van der Waals surface area contributed by atoms with Gasteiger partial charge in [-0.2, -0.15) is 0 Å². The fourth-order valence-corrected chi connectivity index (χ4v) is 9.25. The third-order valence-electron chi connectivity index (χ3n) is 12.2. The molecule has 1 saturated carbocycles. The molecule has 2 bridgehead atoms. The Bertz CT molecular complexity index is 1830. The van der Waals surface area contributed by atoms with E-state index in [9.17, 15) is 20.1 Å². The highest BCUT2D eigenvalue weighted by Gasteiger charge is 2.46. The van der Waals surface area contributed by atoms with Crippen LogP contribution in [0.4, 0.5) is 0 Å². The summed E-state index contributed by atoms with van der Waals surface area (Å²) >= 11 is 0. The molecule has 9 nitrogen and oxygen atoms in total. The van der Waals surface area contributed by atoms with Crippen LogP contribution in [0, 0.1) is 5.92 Å². The lowest BCUT2D eigenvalue weighted by Crippen LogP contribution is -2.64. The number of phenols is 1. The van der Waals surface area contributed by atoms with Gasteiger partial charge in [0, 0.05) is 49.2 Å². The summed E-state index contributed by atoms with van der Waals surface area (Å²) in [6, 6.07) is 23.0. The Morgan fingerprint density at radius 2 is 1.67 bits per heavy atom. The largest absolute Gasteiger partial charge is 0.506 e. The molecule has 3 saturated heterocycles. The molecule has 1 aliphatic carbocycles. The Morgan fingerprint density at radius 1 is 0.904 bits per heavy atom. The predicted octanol–water partition coefficient (Wildman–Crippen LogP) is 6.79. The number of hydrogen-bond donors (Lipinski definition) is 5. The van der Waals surface area contributed by atoms with Gasteiger partial charge in [0.25, 0.3) is 0 Å². The van der Waals surface area contributed by atoms with Gasteiger partial charge in [0.1, 0.15) is 30.3 Å². The summed E-state index contributed by atoms with van der Waals surface area (Å²) < 4.78 is 13.8. The molecule has 3 aliphatic heterocycles. The number of aromatic amines is 1. The number of rotatable bonds is 16. The van der Waals surface area contributed by atoms with Gasteiger partial charge < -0.3 is 39.6 Å². The molecule has 4 heterocycles. The van der Waals surface area contributed by atoms with Crippen molar-refractivity contribution < 1.29 is 29.3 Å². The number of fused-ring (bicyclic) bond motifs is 4. The van der Waals surface area contributed by atoms with Crippen LogP contribution in [-0.2, 0) is 4.74 Å². The molecule has 0 spiro atoms. The Hall–Kier alpha value is -3.73. The van der Waals surface area contributed by atoms with Gasteiger partial charge in [-0.05, 0) is 71.7 Å². The number of aliphatic hydroxyl groups is 2. The van der Waals surface area contributed by atoms with Crippen LogP contribution in [-0.4, -0.2) is 76.8 Å². The molecule has 0 amide bonds. The number of ether oxygens (including phenoxy) is 2. The number of hydrogen-bond acceptors (Lipinski definition) is 7. The van der Waals surface area contributed by atoms with Gasteiger partial charge in [0.2, 0.25) is 5.56 Å². The smallest absolute Gasteiger partial charge is 0.248 e. The number of aliphatic hydroxyl groups excluding tert-OH is 2. The lowest BCUT2D eigenvalue weighted by Gasteiger charge is -2.52. The first-order chi connectivity index (χ1) is 25.3. The van der Waals surface area contributed by atoms with E-state index < -0.39 is 12.2 Å². The topological polar surface area (TPSA) is 124 Å². The lowest BCUT2D eigenvalue weighted by atomic mass is 9.83. The standard InChI is InChI=1S/C43H55N3O6/c1-2-37(44-26-39(48)35-16-18-38(47)43-36(35)17-19-42(50)45-43)30-12-14-32(15-13-30)51-25-7-22-46-23-20-31(21-24-46)41(27-46)52-28-40(49)34-11-6-5-10-33(34)29-8-3-4-9-29/h5-6,10-19,29,31,37,39-41,44,48-49H,2-4,7-9,20-28H2,1H3,(H-,45,47,50)/p+1/t31?,37?,39-,40-,41-,46?/m0/s1. The van der Waals surface area contributed by atoms with E-state index in [4.69, 9.17) is 9.47 Å². The average Bonchev–Trinajstić information content (AvgIpc) is 3.72. The lowest BCUT2D eigenvalue weighted by molar-refractivity contribution is -0.946. The van der Waals surface area contributed by atoms with E-state index in [-0.39, 0.29) is 23.5 Å². The van der Waals surface area contributed by atoms with Gasteiger partial charge in [0.15, 0.2) is 0 Å². The van der Waals surface area contributed by atoms with E-state index >= 15 is 0 Å². The van der Waals surface area contributed by atoms with Crippen LogP contribution >= 0.6 is 0 Å². The Kier molecular flexibility index (Phi) is 11.6. The molecule has 4 fully saturated rings. The number of piperidine rings is 3. The SMILES string of the molecule is CCC(NC[C@H](O)c1ccc(O)c2[nH]c(=O)ccc12)c1ccc(OCCC[N+]23CCC(CC2)[C@@H](OC[C@H](O)c2ccccc2C2CCCC2)C3)cc1. The first-order valence-corrected chi connectivity index (χ1v) is 19.5. The minimum Gasteiger partial charge on any atom is -0.506 e. The normalized spacial score (nSPS) is 23.5. The van der Waals surface area contributed by atoms with Crippen molar-refractivity contribution in [3.63, 3.8) is 0 Å². The highest BCUT2D eigenvalue weighted by Crippen LogP contribution is 2.39. The number of aromatic hydroxyl groups is 1. The third-order valence-corrected chi connectivity index (χ3v) is 12.2. The van der Waals surface area contributed by atoms with Gasteiger partial charge in [-0.25, -0.2) is 0 Å². The average molecular weight is 711 g/mol. The van der Waals surface area contributed by atoms with E-state index in [1.165, 1.54) is 69.3 Å². The monoisotopic (exact) mass is 710 g/mol. The molecule has 4 aromatic rings. The second-order valence-corrected chi connectivity index (χ2v) is 15.5. The first kappa shape index (κ1) is 36.6. The molecule has 8 rings (SSSR count). The zero-order valence-corrected chi connectivity index (χ0v) is 30.5. The van der Waals surface area contributed by atoms with Gasteiger partial charge >= 0.3 is 0 Å². The maximum Gasteiger partial charge on any atom is 0.248 e. The molecule has 1 unspecified atom stereocenters. The number of nitrogens with zero attached hydrogens (tertiary/aromatic N) is 1. The highest BCUT2D eigenvalue weighted by atomic mass is 16.5. The van der Waals surface area contributed by atoms with E-state index in [1.807, 2.05) is 18.2 Å². The summed E-state index contributed by atoms with van der Waals surface area (Å²) in [6.45, 7) is 7.98. The van der Waals surface area contributed by atoms with E-state index in [2.05, 4.69) is 47.6 Å². The molecule has 4 aliphatic rings. The molecular formula is C43H56N3O6+. The maximum absolute atomic E-state index is 11.8. The molecule has 1 aromatic heterocycles. The molecule has 5 N–H and O–H groups in total. The molecule has 0 radical (unpaired) electrons. The fourth-order valence-electron chi connectivity index (χ4n) is 9.25. The van der Waals surface area contributed by atoms with E-state index in [0.29, 0.717) is 48.1 Å². The van der Waals surface area contributed by atoms with Crippen molar-refractivity contribution in [2.24, 2.45) is 5.92 Å². The van der Waals surface area contributed by atoms with Gasteiger partial charge in [-0.3, -0.25) is 4.79 Å². The van der Waals surface area contributed by atoms with Crippen LogP contribution in [0.5, 0.6) is 11.5 Å². The highest BCUT2D eigenvalue weighted by molar-refractivity contribution is 5.87. The van der Waals surface area contributed by atoms with Crippen molar-refractivity contribution in [1.82, 2.24) is 10.3 Å². The van der Waals surface area contributed by atoms with Crippen LogP contribution in [0.2, 0.25) is 0 Å².